The smallest absolute Gasteiger partial charge is 0.387 e. The van der Waals surface area contributed by atoms with Crippen molar-refractivity contribution in [1.29, 1.82) is 0 Å². The normalized spacial score (nSPS) is 16.5. The topological polar surface area (TPSA) is 64.4 Å². The highest BCUT2D eigenvalue weighted by atomic mass is 19.3. The van der Waals surface area contributed by atoms with E-state index >= 15 is 0 Å². The summed E-state index contributed by atoms with van der Waals surface area (Å²) in [5.41, 5.74) is 8.55. The van der Waals surface area contributed by atoms with Gasteiger partial charge in [0.1, 0.15) is 5.75 Å². The molecule has 0 bridgehead atoms. The number of amides is 1. The van der Waals surface area contributed by atoms with Crippen molar-refractivity contribution in [3.63, 3.8) is 0 Å². The second kappa shape index (κ2) is 6.86. The molecule has 0 saturated heterocycles. The predicted octanol–water partition coefficient (Wildman–Crippen LogP) is 3.68. The van der Waals surface area contributed by atoms with Crippen molar-refractivity contribution in [2.75, 3.05) is 5.73 Å². The van der Waals surface area contributed by atoms with Crippen LogP contribution in [0.3, 0.4) is 0 Å². The Balaban J connectivity index is 1.80. The first kappa shape index (κ1) is 16.2. The van der Waals surface area contributed by atoms with Gasteiger partial charge in [0.05, 0.1) is 11.6 Å². The third-order valence-corrected chi connectivity index (χ3v) is 4.16. The SMILES string of the molecule is Nc1ccccc1C(=O)NC1CCCc2cc(OC(F)F)ccc21. The van der Waals surface area contributed by atoms with E-state index in [4.69, 9.17) is 5.73 Å². The number of hydrogen-bond donors (Lipinski definition) is 2. The number of hydrogen-bond acceptors (Lipinski definition) is 3. The number of para-hydroxylation sites is 1. The van der Waals surface area contributed by atoms with Crippen LogP contribution in [0.4, 0.5) is 14.5 Å². The Bertz CT molecular complexity index is 750. The molecule has 1 unspecified atom stereocenters. The van der Waals surface area contributed by atoms with E-state index in [1.807, 2.05) is 0 Å². The summed E-state index contributed by atoms with van der Waals surface area (Å²) in [6.07, 6.45) is 2.43. The van der Waals surface area contributed by atoms with Gasteiger partial charge < -0.3 is 15.8 Å². The van der Waals surface area contributed by atoms with Crippen LogP contribution < -0.4 is 15.8 Å². The maximum atomic E-state index is 12.4. The average molecular weight is 332 g/mol. The van der Waals surface area contributed by atoms with Crippen LogP contribution in [0.25, 0.3) is 0 Å². The number of rotatable bonds is 4. The van der Waals surface area contributed by atoms with E-state index in [0.717, 1.165) is 30.4 Å². The van der Waals surface area contributed by atoms with Crippen molar-refractivity contribution in [3.8, 4) is 5.75 Å². The lowest BCUT2D eigenvalue weighted by atomic mass is 9.87. The number of halogens is 2. The molecule has 3 rings (SSSR count). The third kappa shape index (κ3) is 3.48. The second-order valence-corrected chi connectivity index (χ2v) is 5.74. The highest BCUT2D eigenvalue weighted by Gasteiger charge is 2.23. The van der Waals surface area contributed by atoms with Crippen LogP contribution in [0.1, 0.15) is 40.4 Å². The number of ether oxygens (including phenoxy) is 1. The number of anilines is 1. The Kier molecular flexibility index (Phi) is 4.64. The first-order valence-electron chi connectivity index (χ1n) is 7.77. The van der Waals surface area contributed by atoms with E-state index in [1.54, 1.807) is 36.4 Å². The average Bonchev–Trinajstić information content (AvgIpc) is 2.54. The third-order valence-electron chi connectivity index (χ3n) is 4.16. The molecule has 0 aromatic heterocycles. The molecule has 0 radical (unpaired) electrons. The number of alkyl halides is 2. The van der Waals surface area contributed by atoms with Gasteiger partial charge in [0.15, 0.2) is 0 Å². The maximum absolute atomic E-state index is 12.4. The minimum atomic E-state index is -2.84. The lowest BCUT2D eigenvalue weighted by molar-refractivity contribution is -0.0499. The molecule has 0 heterocycles. The molecule has 1 aliphatic rings. The molecule has 1 atom stereocenters. The van der Waals surface area contributed by atoms with E-state index < -0.39 is 6.61 Å². The Morgan fingerprint density at radius 1 is 1.25 bits per heavy atom. The van der Waals surface area contributed by atoms with Gasteiger partial charge in [0.25, 0.3) is 5.91 Å². The summed E-state index contributed by atoms with van der Waals surface area (Å²) < 4.78 is 29.1. The van der Waals surface area contributed by atoms with E-state index in [2.05, 4.69) is 10.1 Å². The number of nitrogens with one attached hydrogen (secondary N) is 1. The van der Waals surface area contributed by atoms with Gasteiger partial charge in [-0.25, -0.2) is 0 Å². The van der Waals surface area contributed by atoms with Gasteiger partial charge in [-0.3, -0.25) is 4.79 Å². The molecule has 126 valence electrons. The largest absolute Gasteiger partial charge is 0.435 e. The van der Waals surface area contributed by atoms with Crippen molar-refractivity contribution < 1.29 is 18.3 Å². The summed E-state index contributed by atoms with van der Waals surface area (Å²) in [6.45, 7) is -2.84. The lowest BCUT2D eigenvalue weighted by Gasteiger charge is -2.27. The second-order valence-electron chi connectivity index (χ2n) is 5.74. The quantitative estimate of drug-likeness (QED) is 0.840. The number of fused-ring (bicyclic) bond motifs is 1. The number of carbonyl (C=O) groups is 1. The summed E-state index contributed by atoms with van der Waals surface area (Å²) in [7, 11) is 0. The van der Waals surface area contributed by atoms with Gasteiger partial charge >= 0.3 is 6.61 Å². The van der Waals surface area contributed by atoms with Crippen molar-refractivity contribution in [3.05, 3.63) is 59.2 Å². The van der Waals surface area contributed by atoms with Crippen LogP contribution in [0.5, 0.6) is 5.75 Å². The van der Waals surface area contributed by atoms with E-state index in [0.29, 0.717) is 11.3 Å². The zero-order valence-corrected chi connectivity index (χ0v) is 13.0. The Labute approximate surface area is 138 Å². The van der Waals surface area contributed by atoms with Gasteiger partial charge in [-0.1, -0.05) is 18.2 Å². The van der Waals surface area contributed by atoms with E-state index in [-0.39, 0.29) is 17.7 Å². The maximum Gasteiger partial charge on any atom is 0.387 e. The van der Waals surface area contributed by atoms with Crippen molar-refractivity contribution >= 4 is 11.6 Å². The summed E-state index contributed by atoms with van der Waals surface area (Å²) in [6, 6.07) is 11.6. The van der Waals surface area contributed by atoms with Crippen molar-refractivity contribution in [1.82, 2.24) is 5.32 Å². The summed E-state index contributed by atoms with van der Waals surface area (Å²) in [5, 5.41) is 2.98. The van der Waals surface area contributed by atoms with Gasteiger partial charge in [-0.15, -0.1) is 0 Å². The Morgan fingerprint density at radius 2 is 2.04 bits per heavy atom. The van der Waals surface area contributed by atoms with Gasteiger partial charge in [0, 0.05) is 5.69 Å². The summed E-state index contributed by atoms with van der Waals surface area (Å²) in [5.74, 6) is -0.0955. The van der Waals surface area contributed by atoms with Crippen molar-refractivity contribution in [2.24, 2.45) is 0 Å². The molecule has 1 amide bonds. The van der Waals surface area contributed by atoms with Crippen LogP contribution in [0.2, 0.25) is 0 Å². The number of carbonyl (C=O) groups excluding carboxylic acids is 1. The molecule has 4 nitrogen and oxygen atoms in total. The minimum absolute atomic E-state index is 0.142. The van der Waals surface area contributed by atoms with E-state index in [1.165, 1.54) is 6.07 Å². The van der Waals surface area contributed by atoms with Gasteiger partial charge in [-0.05, 0) is 54.7 Å². The fourth-order valence-electron chi connectivity index (χ4n) is 3.06. The number of nitrogen functional groups attached to an aromatic ring is 1. The predicted molar refractivity (Wildman–Crippen MR) is 87.1 cm³/mol. The molecule has 3 N–H and O–H groups in total. The van der Waals surface area contributed by atoms with Gasteiger partial charge in [-0.2, -0.15) is 8.78 Å². The molecule has 0 spiro atoms. The first-order chi connectivity index (χ1) is 11.5. The molecular weight excluding hydrogens is 314 g/mol. The molecule has 24 heavy (non-hydrogen) atoms. The number of aryl methyl sites for hydroxylation is 1. The summed E-state index contributed by atoms with van der Waals surface area (Å²) >= 11 is 0. The molecule has 2 aromatic rings. The molecule has 0 saturated carbocycles. The standard InChI is InChI=1S/C18H18F2N2O2/c19-18(20)24-12-8-9-13-11(10-12)4-3-7-16(13)22-17(23)14-5-1-2-6-15(14)21/h1-2,5-6,8-10,16,18H,3-4,7,21H2,(H,22,23). The van der Waals surface area contributed by atoms with Crippen LogP contribution in [-0.2, 0) is 6.42 Å². The molecule has 0 fully saturated rings. The van der Waals surface area contributed by atoms with Crippen LogP contribution in [0, 0.1) is 0 Å². The molecule has 0 aliphatic heterocycles. The van der Waals surface area contributed by atoms with Crippen LogP contribution in [0.15, 0.2) is 42.5 Å². The van der Waals surface area contributed by atoms with Crippen molar-refractivity contribution in [2.45, 2.75) is 31.9 Å². The zero-order valence-electron chi connectivity index (χ0n) is 13.0. The highest BCUT2D eigenvalue weighted by Crippen LogP contribution is 2.33. The first-order valence-corrected chi connectivity index (χ1v) is 7.77. The highest BCUT2D eigenvalue weighted by molar-refractivity contribution is 5.99. The monoisotopic (exact) mass is 332 g/mol. The number of benzene rings is 2. The molecule has 1 aliphatic carbocycles. The van der Waals surface area contributed by atoms with Crippen LogP contribution >= 0.6 is 0 Å². The van der Waals surface area contributed by atoms with Crippen LogP contribution in [-0.4, -0.2) is 12.5 Å². The fourth-order valence-corrected chi connectivity index (χ4v) is 3.06. The fraction of sp³-hybridized carbons (Fsp3) is 0.278. The Morgan fingerprint density at radius 3 is 2.79 bits per heavy atom. The minimum Gasteiger partial charge on any atom is -0.435 e. The zero-order chi connectivity index (χ0) is 17.1. The molecule has 2 aromatic carbocycles. The molecule has 6 heteroatoms. The molecular formula is C18H18F2N2O2. The number of nitrogens with two attached hydrogens (primary N) is 1. The lowest BCUT2D eigenvalue weighted by Crippen LogP contribution is -2.31. The van der Waals surface area contributed by atoms with E-state index in [9.17, 15) is 13.6 Å². The Hall–Kier alpha value is -2.63. The van der Waals surface area contributed by atoms with Gasteiger partial charge in [0.2, 0.25) is 0 Å². The summed E-state index contributed by atoms with van der Waals surface area (Å²) in [4.78, 5) is 12.4.